The van der Waals surface area contributed by atoms with Crippen molar-refractivity contribution in [3.8, 4) is 0 Å². The van der Waals surface area contributed by atoms with Crippen LogP contribution in [-0.4, -0.2) is 36.7 Å². The van der Waals surface area contributed by atoms with E-state index in [0.717, 1.165) is 17.1 Å². The molecule has 3 atom stereocenters. The van der Waals surface area contributed by atoms with E-state index in [1.807, 2.05) is 0 Å². The van der Waals surface area contributed by atoms with Gasteiger partial charge >= 0.3 is 5.76 Å². The second-order valence-corrected chi connectivity index (χ2v) is 6.98. The molecule has 1 saturated heterocycles. The molecule has 1 aromatic rings. The topological polar surface area (TPSA) is 61.8 Å². The van der Waals surface area contributed by atoms with Gasteiger partial charge in [0.1, 0.15) is 17.8 Å². The number of benzene rings is 1. The van der Waals surface area contributed by atoms with Crippen LogP contribution in [0.15, 0.2) is 23.2 Å². The van der Waals surface area contributed by atoms with E-state index in [9.17, 15) is 30.4 Å². The summed E-state index contributed by atoms with van der Waals surface area (Å²) in [6.07, 6.45) is -3.24. The van der Waals surface area contributed by atoms with E-state index in [2.05, 4.69) is 10.4 Å². The van der Waals surface area contributed by atoms with Gasteiger partial charge in [-0.2, -0.15) is 13.8 Å². The molecule has 0 amide bonds. The Hall–Kier alpha value is -1.75. The fourth-order valence-electron chi connectivity index (χ4n) is 2.64. The Bertz CT molecular complexity index is 750. The van der Waals surface area contributed by atoms with Crippen LogP contribution in [0.3, 0.4) is 0 Å². The normalized spacial score (nSPS) is 27.9. The highest BCUT2D eigenvalue weighted by molar-refractivity contribution is 8.06. The van der Waals surface area contributed by atoms with Gasteiger partial charge in [0.15, 0.2) is 6.17 Å². The van der Waals surface area contributed by atoms with Gasteiger partial charge in [-0.3, -0.25) is 5.43 Å². The van der Waals surface area contributed by atoms with Gasteiger partial charge < -0.3 is 0 Å². The van der Waals surface area contributed by atoms with Crippen LogP contribution in [0.25, 0.3) is 0 Å². The van der Waals surface area contributed by atoms with E-state index in [-0.39, 0.29) is 12.0 Å². The quantitative estimate of drug-likeness (QED) is 0.823. The van der Waals surface area contributed by atoms with Gasteiger partial charge in [-0.15, -0.1) is 0 Å². The van der Waals surface area contributed by atoms with Crippen LogP contribution in [0.2, 0.25) is 0 Å². The number of nitrogens with zero attached hydrogens (tertiary/aromatic N) is 2. The number of fused-ring (bicyclic) bond motifs is 1. The predicted molar refractivity (Wildman–Crippen MR) is 69.7 cm³/mol. The third-order valence-electron chi connectivity index (χ3n) is 3.64. The fourth-order valence-corrected chi connectivity index (χ4v) is 3.30. The number of sulfone groups is 1. The Morgan fingerprint density at radius 1 is 1.22 bits per heavy atom. The SMILES string of the molecule is O=S(=O)(C1=NC2[C@@H](F)C[C@@H](c3cc(F)cc(F)c3)N2N1)C(F)F. The van der Waals surface area contributed by atoms with Crippen molar-refractivity contribution < 1.29 is 30.4 Å². The molecule has 11 heteroatoms. The third kappa shape index (κ3) is 2.67. The molecule has 0 radical (unpaired) electrons. The summed E-state index contributed by atoms with van der Waals surface area (Å²) in [6, 6.07) is 1.60. The monoisotopic (exact) mass is 355 g/mol. The molecular weight excluding hydrogens is 345 g/mol. The van der Waals surface area contributed by atoms with Crippen LogP contribution < -0.4 is 5.43 Å². The number of rotatable bonds is 2. The lowest BCUT2D eigenvalue weighted by molar-refractivity contribution is 0.159. The molecule has 2 heterocycles. The Labute approximate surface area is 127 Å². The second kappa shape index (κ2) is 5.41. The van der Waals surface area contributed by atoms with Crippen molar-refractivity contribution >= 4 is 15.0 Å². The van der Waals surface area contributed by atoms with Crippen molar-refractivity contribution in [3.05, 3.63) is 35.4 Å². The van der Waals surface area contributed by atoms with Crippen LogP contribution in [0, 0.1) is 11.6 Å². The molecule has 3 rings (SSSR count). The first-order valence-corrected chi connectivity index (χ1v) is 7.99. The van der Waals surface area contributed by atoms with Gasteiger partial charge in [0.25, 0.3) is 9.84 Å². The number of aliphatic imine (C=N–C) groups is 1. The Morgan fingerprint density at radius 3 is 2.39 bits per heavy atom. The van der Waals surface area contributed by atoms with E-state index in [1.54, 1.807) is 0 Å². The first-order chi connectivity index (χ1) is 10.7. The van der Waals surface area contributed by atoms with E-state index >= 15 is 0 Å². The molecule has 0 saturated carbocycles. The van der Waals surface area contributed by atoms with Crippen molar-refractivity contribution in [2.75, 3.05) is 0 Å². The number of nitrogens with one attached hydrogen (secondary N) is 1. The van der Waals surface area contributed by atoms with Gasteiger partial charge in [-0.25, -0.2) is 26.6 Å². The summed E-state index contributed by atoms with van der Waals surface area (Å²) < 4.78 is 88.5. The zero-order valence-corrected chi connectivity index (χ0v) is 12.1. The van der Waals surface area contributed by atoms with Crippen LogP contribution in [-0.2, 0) is 9.84 Å². The molecule has 0 bridgehead atoms. The molecule has 5 nitrogen and oxygen atoms in total. The Balaban J connectivity index is 1.93. The first-order valence-electron chi connectivity index (χ1n) is 6.45. The highest BCUT2D eigenvalue weighted by atomic mass is 32.2. The standard InChI is InChI=1S/C12H10F5N3O2S/c13-6-1-5(2-7(14)3-6)9-4-8(15)10-18-12(19-20(9)10)23(21,22)11(16)17/h1-3,8-11H,4H2,(H,18,19)/t8-,9-,10?/m0/s1. The molecule has 2 aliphatic rings. The van der Waals surface area contributed by atoms with Crippen molar-refractivity contribution in [1.82, 2.24) is 10.4 Å². The van der Waals surface area contributed by atoms with E-state index in [0.29, 0.717) is 6.07 Å². The highest BCUT2D eigenvalue weighted by Crippen LogP contribution is 2.40. The average molecular weight is 355 g/mol. The molecule has 1 unspecified atom stereocenters. The van der Waals surface area contributed by atoms with Crippen molar-refractivity contribution in [3.63, 3.8) is 0 Å². The first kappa shape index (κ1) is 16.1. The maximum absolute atomic E-state index is 14.0. The number of halogens is 5. The summed E-state index contributed by atoms with van der Waals surface area (Å²) in [6.45, 7) is 0. The zero-order chi connectivity index (χ0) is 16.9. The van der Waals surface area contributed by atoms with Crippen LogP contribution in [0.5, 0.6) is 0 Å². The summed E-state index contributed by atoms with van der Waals surface area (Å²) in [7, 11) is -5.01. The minimum Gasteiger partial charge on any atom is -0.291 e. The van der Waals surface area contributed by atoms with Gasteiger partial charge in [0, 0.05) is 12.5 Å². The molecule has 0 aromatic heterocycles. The van der Waals surface area contributed by atoms with E-state index in [1.165, 1.54) is 0 Å². The van der Waals surface area contributed by atoms with Crippen molar-refractivity contribution in [2.45, 2.75) is 30.6 Å². The number of hydrazine groups is 1. The third-order valence-corrected chi connectivity index (χ3v) is 4.85. The largest absolute Gasteiger partial charge is 0.344 e. The summed E-state index contributed by atoms with van der Waals surface area (Å²) in [5.41, 5.74) is 2.17. The molecule has 0 spiro atoms. The lowest BCUT2D eigenvalue weighted by Crippen LogP contribution is -2.43. The predicted octanol–water partition coefficient (Wildman–Crippen LogP) is 1.89. The van der Waals surface area contributed by atoms with E-state index in [4.69, 9.17) is 0 Å². The average Bonchev–Trinajstić information content (AvgIpc) is 2.99. The molecule has 23 heavy (non-hydrogen) atoms. The molecule has 1 N–H and O–H groups in total. The molecule has 1 aromatic carbocycles. The Morgan fingerprint density at radius 2 is 1.83 bits per heavy atom. The summed E-state index contributed by atoms with van der Waals surface area (Å²) in [5, 5.41) is -0.0737. The summed E-state index contributed by atoms with van der Waals surface area (Å²) >= 11 is 0. The molecule has 126 valence electrons. The van der Waals surface area contributed by atoms with Gasteiger partial charge in [-0.1, -0.05) is 0 Å². The summed E-state index contributed by atoms with van der Waals surface area (Å²) in [5.74, 6) is -5.49. The maximum atomic E-state index is 14.0. The number of alkyl halides is 3. The van der Waals surface area contributed by atoms with Crippen LogP contribution in [0.4, 0.5) is 22.0 Å². The second-order valence-electron chi connectivity index (χ2n) is 5.14. The summed E-state index contributed by atoms with van der Waals surface area (Å²) in [4.78, 5) is 3.45. The van der Waals surface area contributed by atoms with Crippen molar-refractivity contribution in [2.24, 2.45) is 4.99 Å². The fraction of sp³-hybridized carbons (Fsp3) is 0.417. The lowest BCUT2D eigenvalue weighted by Gasteiger charge is -2.23. The van der Waals surface area contributed by atoms with Crippen molar-refractivity contribution in [1.29, 1.82) is 0 Å². The molecule has 1 fully saturated rings. The number of hydrogen-bond acceptors (Lipinski definition) is 5. The molecule has 0 aliphatic carbocycles. The molecular formula is C12H10F5N3O2S. The Kier molecular flexibility index (Phi) is 3.79. The number of amidine groups is 1. The minimum atomic E-state index is -5.01. The van der Waals surface area contributed by atoms with Gasteiger partial charge in [-0.05, 0) is 17.7 Å². The maximum Gasteiger partial charge on any atom is 0.344 e. The highest BCUT2D eigenvalue weighted by Gasteiger charge is 2.49. The van der Waals surface area contributed by atoms with E-state index < -0.39 is 50.8 Å². The van der Waals surface area contributed by atoms with Gasteiger partial charge in [0.2, 0.25) is 5.17 Å². The minimum absolute atomic E-state index is 0.0473. The van der Waals surface area contributed by atoms with Crippen LogP contribution in [0.1, 0.15) is 18.0 Å². The zero-order valence-electron chi connectivity index (χ0n) is 11.3. The number of hydrogen-bond donors (Lipinski definition) is 1. The lowest BCUT2D eigenvalue weighted by atomic mass is 10.0. The van der Waals surface area contributed by atoms with Gasteiger partial charge in [0.05, 0.1) is 6.04 Å². The molecule has 2 aliphatic heterocycles. The smallest absolute Gasteiger partial charge is 0.291 e. The van der Waals surface area contributed by atoms with Crippen LogP contribution >= 0.6 is 0 Å².